The Balaban J connectivity index is 1.79. The summed E-state index contributed by atoms with van der Waals surface area (Å²) in [5.74, 6) is 0.987. The number of thioether (sulfide) groups is 1. The van der Waals surface area contributed by atoms with Crippen molar-refractivity contribution >= 4 is 34.6 Å². The molecule has 33 heavy (non-hydrogen) atoms. The molecule has 0 spiro atoms. The number of carbonyl (C=O) groups is 1. The summed E-state index contributed by atoms with van der Waals surface area (Å²) >= 11 is 1.44. The molecule has 0 bridgehead atoms. The van der Waals surface area contributed by atoms with Crippen LogP contribution in [0.2, 0.25) is 0 Å². The highest BCUT2D eigenvalue weighted by Gasteiger charge is 2.24. The molecule has 2 N–H and O–H groups in total. The molecule has 1 atom stereocenters. The number of hydrogen-bond donors (Lipinski definition) is 1. The van der Waals surface area contributed by atoms with E-state index in [0.717, 1.165) is 56.5 Å². The third-order valence-electron chi connectivity index (χ3n) is 6.08. The summed E-state index contributed by atoms with van der Waals surface area (Å²) in [4.78, 5) is 27.8. The molecule has 1 aliphatic rings. The quantitative estimate of drug-likeness (QED) is 0.294. The van der Waals surface area contributed by atoms with Crippen LogP contribution in [0.5, 0.6) is 0 Å². The Morgan fingerprint density at radius 1 is 1.21 bits per heavy atom. The van der Waals surface area contributed by atoms with Crippen molar-refractivity contribution in [2.75, 3.05) is 31.2 Å². The number of fused-ring (bicyclic) bond motifs is 1. The predicted octanol–water partition coefficient (Wildman–Crippen LogP) is 5.39. The third-order valence-corrected chi connectivity index (χ3v) is 6.81. The van der Waals surface area contributed by atoms with Gasteiger partial charge in [0.25, 0.3) is 0 Å². The highest BCUT2D eigenvalue weighted by Crippen LogP contribution is 2.30. The lowest BCUT2D eigenvalue weighted by Gasteiger charge is -2.24. The second-order valence-corrected chi connectivity index (χ2v) is 9.77. The maximum atomic E-state index is 15.1. The molecule has 0 radical (unpaired) electrons. The number of carbonyl (C=O) groups excluding carboxylic acids is 1. The van der Waals surface area contributed by atoms with Gasteiger partial charge in [0, 0.05) is 13.1 Å². The van der Waals surface area contributed by atoms with E-state index in [1.807, 2.05) is 18.7 Å². The van der Waals surface area contributed by atoms with Gasteiger partial charge in [-0.05, 0) is 50.2 Å². The number of hydrogen-bond acceptors (Lipinski definition) is 7. The lowest BCUT2D eigenvalue weighted by Crippen LogP contribution is -2.35. The Hall–Kier alpha value is -2.16. The molecule has 2 aromatic rings. The number of likely N-dealkylation sites (tertiary alicyclic amines) is 1. The number of pyridine rings is 1. The van der Waals surface area contributed by atoms with Crippen LogP contribution in [0.4, 0.5) is 15.0 Å². The zero-order chi connectivity index (χ0) is 23.8. The van der Waals surface area contributed by atoms with E-state index in [0.29, 0.717) is 48.1 Å². The first-order chi connectivity index (χ1) is 16.0. The van der Waals surface area contributed by atoms with E-state index in [2.05, 4.69) is 21.9 Å². The number of rotatable bonds is 9. The van der Waals surface area contributed by atoms with Crippen molar-refractivity contribution in [3.05, 3.63) is 17.2 Å². The number of ether oxygens (including phenoxy) is 1. The maximum Gasteiger partial charge on any atom is 0.409 e. The lowest BCUT2D eigenvalue weighted by molar-refractivity contribution is 0.0972. The Bertz CT molecular complexity index is 958. The maximum absolute atomic E-state index is 15.1. The van der Waals surface area contributed by atoms with Crippen molar-refractivity contribution < 1.29 is 13.9 Å². The van der Waals surface area contributed by atoms with Gasteiger partial charge in [-0.15, -0.1) is 0 Å². The van der Waals surface area contributed by atoms with Crippen molar-refractivity contribution in [3.63, 3.8) is 0 Å². The van der Waals surface area contributed by atoms with Crippen LogP contribution in [0, 0.1) is 11.7 Å². The van der Waals surface area contributed by atoms with Crippen LogP contribution in [0.1, 0.15) is 70.7 Å². The average Bonchev–Trinajstić information content (AvgIpc) is 3.05. The molecular weight excluding hydrogens is 441 g/mol. The molecule has 182 valence electrons. The standard InChI is InChI=1S/C24H36FN5O2S/c1-4-7-14-32-24(31)30-13-9-8-10-16(15-30)11-12-18-19-21(20(25)17(5-2)27-18)28-23(33-6-3)29-22(19)26/h16H,4-15H2,1-3H3,(H2,26,28,29). The first-order valence-corrected chi connectivity index (χ1v) is 13.2. The molecule has 7 nitrogen and oxygen atoms in total. The molecule has 0 saturated carbocycles. The molecule has 3 rings (SSSR count). The first-order valence-electron chi connectivity index (χ1n) is 12.2. The summed E-state index contributed by atoms with van der Waals surface area (Å²) in [5, 5.41) is 1.01. The predicted molar refractivity (Wildman–Crippen MR) is 131 cm³/mol. The second kappa shape index (κ2) is 12.3. The SMILES string of the molecule is CCCCOC(=O)N1CCCCC(CCc2nc(CC)c(F)c3nc(SCC)nc(N)c23)C1. The Morgan fingerprint density at radius 2 is 2.03 bits per heavy atom. The highest BCUT2D eigenvalue weighted by atomic mass is 32.2. The number of aryl methyl sites for hydroxylation is 2. The van der Waals surface area contributed by atoms with E-state index in [1.54, 1.807) is 0 Å². The Morgan fingerprint density at radius 3 is 2.76 bits per heavy atom. The molecule has 3 heterocycles. The second-order valence-electron chi connectivity index (χ2n) is 8.54. The van der Waals surface area contributed by atoms with Gasteiger partial charge >= 0.3 is 6.09 Å². The average molecular weight is 478 g/mol. The molecule has 0 aromatic carbocycles. The van der Waals surface area contributed by atoms with Gasteiger partial charge in [0.1, 0.15) is 11.3 Å². The van der Waals surface area contributed by atoms with Gasteiger partial charge in [-0.25, -0.2) is 19.2 Å². The van der Waals surface area contributed by atoms with Crippen LogP contribution in [0.25, 0.3) is 10.9 Å². The van der Waals surface area contributed by atoms with Crippen molar-refractivity contribution in [1.29, 1.82) is 0 Å². The Labute approximate surface area is 200 Å². The van der Waals surface area contributed by atoms with Crippen molar-refractivity contribution in [2.45, 2.75) is 77.3 Å². The van der Waals surface area contributed by atoms with Crippen LogP contribution in [-0.2, 0) is 17.6 Å². The normalized spacial score (nSPS) is 16.7. The van der Waals surface area contributed by atoms with Crippen LogP contribution in [0.15, 0.2) is 5.16 Å². The molecule has 1 unspecified atom stereocenters. The molecular formula is C24H36FN5O2S. The number of aromatic nitrogens is 3. The lowest BCUT2D eigenvalue weighted by atomic mass is 9.95. The minimum absolute atomic E-state index is 0.215. The zero-order valence-electron chi connectivity index (χ0n) is 20.0. The molecule has 1 amide bonds. The number of unbranched alkanes of at least 4 members (excludes halogenated alkanes) is 1. The smallest absolute Gasteiger partial charge is 0.409 e. The number of nitrogen functional groups attached to an aromatic ring is 1. The third kappa shape index (κ3) is 6.46. The Kier molecular flexibility index (Phi) is 9.52. The number of anilines is 1. The van der Waals surface area contributed by atoms with E-state index >= 15 is 4.39 Å². The van der Waals surface area contributed by atoms with E-state index in [1.165, 1.54) is 11.8 Å². The van der Waals surface area contributed by atoms with Gasteiger partial charge in [-0.3, -0.25) is 4.98 Å². The van der Waals surface area contributed by atoms with Gasteiger partial charge < -0.3 is 15.4 Å². The fraction of sp³-hybridized carbons (Fsp3) is 0.667. The van der Waals surface area contributed by atoms with E-state index in [-0.39, 0.29) is 17.4 Å². The zero-order valence-corrected chi connectivity index (χ0v) is 20.8. The molecule has 1 fully saturated rings. The van der Waals surface area contributed by atoms with Crippen LogP contribution < -0.4 is 5.73 Å². The van der Waals surface area contributed by atoms with Crippen molar-refractivity contribution in [1.82, 2.24) is 19.9 Å². The minimum Gasteiger partial charge on any atom is -0.449 e. The summed E-state index contributed by atoms with van der Waals surface area (Å²) in [7, 11) is 0. The summed E-state index contributed by atoms with van der Waals surface area (Å²) in [6, 6.07) is 0. The first kappa shape index (κ1) is 25.5. The largest absolute Gasteiger partial charge is 0.449 e. The minimum atomic E-state index is -0.404. The van der Waals surface area contributed by atoms with Gasteiger partial charge in [-0.2, -0.15) is 0 Å². The summed E-state index contributed by atoms with van der Waals surface area (Å²) in [5.41, 5.74) is 7.68. The summed E-state index contributed by atoms with van der Waals surface area (Å²) in [6.07, 6.45) is 6.72. The summed E-state index contributed by atoms with van der Waals surface area (Å²) < 4.78 is 20.5. The van der Waals surface area contributed by atoms with E-state index in [9.17, 15) is 4.79 Å². The van der Waals surface area contributed by atoms with Crippen molar-refractivity contribution in [3.8, 4) is 0 Å². The van der Waals surface area contributed by atoms with Gasteiger partial charge in [-0.1, -0.05) is 45.4 Å². The number of amides is 1. The van der Waals surface area contributed by atoms with Crippen molar-refractivity contribution in [2.24, 2.45) is 5.92 Å². The fourth-order valence-electron chi connectivity index (χ4n) is 4.28. The van der Waals surface area contributed by atoms with Crippen LogP contribution in [-0.4, -0.2) is 51.4 Å². The molecule has 1 aliphatic heterocycles. The molecule has 0 aliphatic carbocycles. The van der Waals surface area contributed by atoms with Crippen LogP contribution >= 0.6 is 11.8 Å². The van der Waals surface area contributed by atoms with E-state index < -0.39 is 5.82 Å². The number of halogens is 1. The highest BCUT2D eigenvalue weighted by molar-refractivity contribution is 7.99. The van der Waals surface area contributed by atoms with E-state index in [4.69, 9.17) is 10.5 Å². The van der Waals surface area contributed by atoms with Gasteiger partial charge in [0.2, 0.25) is 0 Å². The number of nitrogens with zero attached hydrogens (tertiary/aromatic N) is 4. The summed E-state index contributed by atoms with van der Waals surface area (Å²) in [6.45, 7) is 7.84. The fourth-order valence-corrected chi connectivity index (χ4v) is 4.86. The molecule has 9 heteroatoms. The van der Waals surface area contributed by atoms with Gasteiger partial charge in [0.05, 0.1) is 23.4 Å². The van der Waals surface area contributed by atoms with Crippen LogP contribution in [0.3, 0.4) is 0 Å². The molecule has 2 aromatic heterocycles. The topological polar surface area (TPSA) is 94.2 Å². The monoisotopic (exact) mass is 477 g/mol. The molecule has 1 saturated heterocycles. The number of nitrogens with two attached hydrogens (primary N) is 1. The van der Waals surface area contributed by atoms with Gasteiger partial charge in [0.15, 0.2) is 11.0 Å².